The first-order chi connectivity index (χ1) is 23.7. The van der Waals surface area contributed by atoms with Gasteiger partial charge in [0, 0.05) is 35.5 Å². The number of hydrogen-bond donors (Lipinski definition) is 6. The van der Waals surface area contributed by atoms with E-state index in [4.69, 9.17) is 29.9 Å². The molecule has 4 aliphatic carbocycles. The van der Waals surface area contributed by atoms with Gasteiger partial charge in [-0.3, -0.25) is 0 Å². The van der Waals surface area contributed by atoms with Gasteiger partial charge in [-0.1, -0.05) is 77.0 Å². The fourth-order valence-electron chi connectivity index (χ4n) is 7.73. The molecule has 0 bridgehead atoms. The summed E-state index contributed by atoms with van der Waals surface area (Å²) < 4.78 is 0. The summed E-state index contributed by atoms with van der Waals surface area (Å²) in [6.45, 7) is 0. The molecule has 0 saturated heterocycles. The molecule has 0 amide bonds. The predicted octanol–water partition coefficient (Wildman–Crippen LogP) is 8.52. The van der Waals surface area contributed by atoms with Gasteiger partial charge in [0.05, 0.1) is 0 Å². The van der Waals surface area contributed by atoms with Crippen LogP contribution in [0.25, 0.3) is 0 Å². The molecule has 4 aliphatic rings. The standard InChI is InChI=1S/C36H54N12/c1-5-13-25(14-6-1)37-31-43-32(38-26-15-7-2-8-16-26)46-35(45-31)41-29-21-23-30(24-22-29)42-36-47-33(39-27-17-9-3-10-18-27)44-34(48-36)40-28-19-11-4-12-20-28/h21-28H,1-20H2,(H3,37,38,41,43,45,46)(H3,39,40,42,44,47,48). The highest BCUT2D eigenvalue weighted by atomic mass is 15.3. The maximum Gasteiger partial charge on any atom is 0.233 e. The van der Waals surface area contributed by atoms with Gasteiger partial charge in [-0.2, -0.15) is 29.9 Å². The molecule has 12 heteroatoms. The quantitative estimate of drug-likeness (QED) is 0.111. The molecule has 1 aromatic carbocycles. The second kappa shape index (κ2) is 16.4. The average molecular weight is 655 g/mol. The van der Waals surface area contributed by atoms with Crippen LogP contribution in [-0.4, -0.2) is 54.1 Å². The highest BCUT2D eigenvalue weighted by Gasteiger charge is 2.20. The van der Waals surface area contributed by atoms with E-state index in [1.165, 1.54) is 77.0 Å². The molecule has 0 spiro atoms. The zero-order chi connectivity index (χ0) is 32.4. The van der Waals surface area contributed by atoms with E-state index in [0.717, 1.165) is 62.7 Å². The molecule has 3 aromatic rings. The van der Waals surface area contributed by atoms with Crippen molar-refractivity contribution < 1.29 is 0 Å². The molecule has 2 heterocycles. The van der Waals surface area contributed by atoms with Crippen LogP contribution in [0.15, 0.2) is 24.3 Å². The molecule has 4 fully saturated rings. The molecule has 48 heavy (non-hydrogen) atoms. The fourth-order valence-corrected chi connectivity index (χ4v) is 7.73. The Bertz CT molecular complexity index is 1240. The van der Waals surface area contributed by atoms with Gasteiger partial charge >= 0.3 is 0 Å². The van der Waals surface area contributed by atoms with Crippen LogP contribution in [-0.2, 0) is 0 Å². The summed E-state index contributed by atoms with van der Waals surface area (Å²) in [6.07, 6.45) is 24.5. The van der Waals surface area contributed by atoms with Crippen molar-refractivity contribution in [2.24, 2.45) is 0 Å². The number of anilines is 8. The van der Waals surface area contributed by atoms with Gasteiger partial charge in [0.15, 0.2) is 0 Å². The lowest BCUT2D eigenvalue weighted by Crippen LogP contribution is -2.26. The van der Waals surface area contributed by atoms with Gasteiger partial charge in [-0.15, -0.1) is 0 Å². The van der Waals surface area contributed by atoms with Gasteiger partial charge in [0.2, 0.25) is 35.7 Å². The molecule has 0 radical (unpaired) electrons. The highest BCUT2D eigenvalue weighted by molar-refractivity contribution is 5.63. The van der Waals surface area contributed by atoms with E-state index in [1.54, 1.807) is 0 Å². The summed E-state index contributed by atoms with van der Waals surface area (Å²) >= 11 is 0. The average Bonchev–Trinajstić information content (AvgIpc) is 3.11. The summed E-state index contributed by atoms with van der Waals surface area (Å²) in [6, 6.07) is 9.75. The van der Waals surface area contributed by atoms with Gasteiger partial charge in [-0.25, -0.2) is 0 Å². The normalized spacial score (nSPS) is 20.2. The van der Waals surface area contributed by atoms with Crippen LogP contribution < -0.4 is 31.9 Å². The summed E-state index contributed by atoms with van der Waals surface area (Å²) in [5.41, 5.74) is 1.79. The molecular formula is C36H54N12. The lowest BCUT2D eigenvalue weighted by atomic mass is 9.96. The number of nitrogens with one attached hydrogen (secondary N) is 6. The van der Waals surface area contributed by atoms with Gasteiger partial charge in [0.25, 0.3) is 0 Å². The van der Waals surface area contributed by atoms with Crippen molar-refractivity contribution in [1.29, 1.82) is 0 Å². The van der Waals surface area contributed by atoms with Crippen LogP contribution in [0.2, 0.25) is 0 Å². The number of rotatable bonds is 12. The first kappa shape index (κ1) is 32.6. The smallest absolute Gasteiger partial charge is 0.233 e. The zero-order valence-corrected chi connectivity index (χ0v) is 28.4. The lowest BCUT2D eigenvalue weighted by Gasteiger charge is -2.25. The summed E-state index contributed by atoms with van der Waals surface area (Å²) in [5.74, 6) is 3.64. The van der Waals surface area contributed by atoms with Crippen molar-refractivity contribution >= 4 is 47.1 Å². The molecule has 2 aromatic heterocycles. The number of hydrogen-bond acceptors (Lipinski definition) is 12. The maximum absolute atomic E-state index is 4.79. The van der Waals surface area contributed by atoms with Crippen LogP contribution in [0.4, 0.5) is 47.1 Å². The van der Waals surface area contributed by atoms with E-state index in [2.05, 4.69) is 31.9 Å². The minimum absolute atomic E-state index is 0.411. The second-order valence-corrected chi connectivity index (χ2v) is 14.4. The Labute approximate surface area is 285 Å². The number of benzene rings is 1. The van der Waals surface area contributed by atoms with Crippen LogP contribution >= 0.6 is 0 Å². The van der Waals surface area contributed by atoms with Gasteiger partial charge in [-0.05, 0) is 75.6 Å². The molecule has 7 rings (SSSR count). The minimum Gasteiger partial charge on any atom is -0.351 e. The first-order valence-electron chi connectivity index (χ1n) is 18.9. The van der Waals surface area contributed by atoms with E-state index >= 15 is 0 Å². The number of nitrogens with zero attached hydrogens (tertiary/aromatic N) is 6. The molecular weight excluding hydrogens is 600 g/mol. The SMILES string of the molecule is c1cc(Nc2nc(NC3CCCCC3)nc(NC3CCCCC3)n2)ccc1Nc1nc(NC2CCCCC2)nc(NC2CCCCC2)n1. The zero-order valence-electron chi connectivity index (χ0n) is 28.4. The number of aromatic nitrogens is 6. The van der Waals surface area contributed by atoms with Crippen LogP contribution in [0.5, 0.6) is 0 Å². The fraction of sp³-hybridized carbons (Fsp3) is 0.667. The molecule has 4 saturated carbocycles. The third-order valence-electron chi connectivity index (χ3n) is 10.4. The monoisotopic (exact) mass is 654 g/mol. The van der Waals surface area contributed by atoms with E-state index < -0.39 is 0 Å². The predicted molar refractivity (Wildman–Crippen MR) is 195 cm³/mol. The van der Waals surface area contributed by atoms with Crippen molar-refractivity contribution in [3.63, 3.8) is 0 Å². The Balaban J connectivity index is 1.04. The topological polar surface area (TPSA) is 150 Å². The van der Waals surface area contributed by atoms with Crippen LogP contribution in [0.3, 0.4) is 0 Å². The van der Waals surface area contributed by atoms with Gasteiger partial charge < -0.3 is 31.9 Å². The van der Waals surface area contributed by atoms with Crippen molar-refractivity contribution in [3.05, 3.63) is 24.3 Å². The molecule has 12 nitrogen and oxygen atoms in total. The first-order valence-corrected chi connectivity index (χ1v) is 18.9. The van der Waals surface area contributed by atoms with Crippen molar-refractivity contribution in [3.8, 4) is 0 Å². The van der Waals surface area contributed by atoms with E-state index in [1.807, 2.05) is 24.3 Å². The maximum atomic E-state index is 4.79. The van der Waals surface area contributed by atoms with E-state index in [0.29, 0.717) is 59.9 Å². The summed E-state index contributed by atoms with van der Waals surface area (Å²) in [4.78, 5) is 28.7. The lowest BCUT2D eigenvalue weighted by molar-refractivity contribution is 0.458. The second-order valence-electron chi connectivity index (χ2n) is 14.4. The Kier molecular flexibility index (Phi) is 11.2. The molecule has 0 unspecified atom stereocenters. The Morgan fingerprint density at radius 1 is 0.312 bits per heavy atom. The largest absolute Gasteiger partial charge is 0.351 e. The van der Waals surface area contributed by atoms with E-state index in [-0.39, 0.29) is 0 Å². The summed E-state index contributed by atoms with van der Waals surface area (Å²) in [7, 11) is 0. The molecule has 0 atom stereocenters. The van der Waals surface area contributed by atoms with Crippen LogP contribution in [0, 0.1) is 0 Å². The van der Waals surface area contributed by atoms with Crippen LogP contribution in [0.1, 0.15) is 128 Å². The Morgan fingerprint density at radius 2 is 0.542 bits per heavy atom. The van der Waals surface area contributed by atoms with Crippen molar-refractivity contribution in [1.82, 2.24) is 29.9 Å². The minimum atomic E-state index is 0.411. The third-order valence-corrected chi connectivity index (χ3v) is 10.4. The molecule has 0 aliphatic heterocycles. The highest BCUT2D eigenvalue weighted by Crippen LogP contribution is 2.27. The van der Waals surface area contributed by atoms with Crippen molar-refractivity contribution in [2.75, 3.05) is 31.9 Å². The molecule has 6 N–H and O–H groups in total. The molecule has 258 valence electrons. The van der Waals surface area contributed by atoms with Crippen molar-refractivity contribution in [2.45, 2.75) is 153 Å². The third kappa shape index (κ3) is 9.56. The van der Waals surface area contributed by atoms with Gasteiger partial charge in [0.1, 0.15) is 0 Å². The summed E-state index contributed by atoms with van der Waals surface area (Å²) in [5, 5.41) is 21.3. The Morgan fingerprint density at radius 3 is 0.792 bits per heavy atom. The Hall–Kier alpha value is -3.96. The van der Waals surface area contributed by atoms with E-state index in [9.17, 15) is 0 Å².